The Kier molecular flexibility index (Phi) is 3.71. The smallest absolute Gasteiger partial charge is 0.265 e. The van der Waals surface area contributed by atoms with E-state index in [2.05, 4.69) is 39.8 Å². The predicted octanol–water partition coefficient (Wildman–Crippen LogP) is 5.86. The molecule has 20 heavy (non-hydrogen) atoms. The molecule has 0 saturated heterocycles. The van der Waals surface area contributed by atoms with Crippen molar-refractivity contribution in [1.82, 2.24) is 0 Å². The minimum absolute atomic E-state index is 0.182. The van der Waals surface area contributed by atoms with Gasteiger partial charge in [0.25, 0.3) is 4.06 Å². The van der Waals surface area contributed by atoms with Crippen LogP contribution in [0.3, 0.4) is 0 Å². The van der Waals surface area contributed by atoms with Crippen LogP contribution < -0.4 is 4.06 Å². The maximum absolute atomic E-state index is 11.9. The molecule has 0 radical (unpaired) electrons. The van der Waals surface area contributed by atoms with Gasteiger partial charge in [-0.05, 0) is 39.8 Å². The topological polar surface area (TPSA) is 17.1 Å². The standard InChI is InChI=1S/C15H14OS4/c1-7-5-11(9(3)17-7)13-14(20-15(16)19-13)12-6-8(2)18-10(12)4/h5-6H,1-4H3. The van der Waals surface area contributed by atoms with Crippen LogP contribution in [0.2, 0.25) is 0 Å². The molecule has 0 unspecified atom stereocenters. The van der Waals surface area contributed by atoms with Gasteiger partial charge in [0.05, 0.1) is 9.75 Å². The Morgan fingerprint density at radius 1 is 0.700 bits per heavy atom. The fourth-order valence-corrected chi connectivity index (χ4v) is 6.64. The number of rotatable bonds is 2. The van der Waals surface area contributed by atoms with Gasteiger partial charge in [0, 0.05) is 30.6 Å². The second-order valence-electron chi connectivity index (χ2n) is 4.77. The van der Waals surface area contributed by atoms with E-state index in [0.29, 0.717) is 0 Å². The Bertz CT molecular complexity index is 762. The molecule has 5 heteroatoms. The second kappa shape index (κ2) is 5.22. The quantitative estimate of drug-likeness (QED) is 0.572. The van der Waals surface area contributed by atoms with Gasteiger partial charge >= 0.3 is 0 Å². The monoisotopic (exact) mass is 338 g/mol. The summed E-state index contributed by atoms with van der Waals surface area (Å²) in [5, 5.41) is 0. The van der Waals surface area contributed by atoms with Crippen molar-refractivity contribution < 1.29 is 0 Å². The molecule has 0 N–H and O–H groups in total. The average molecular weight is 339 g/mol. The largest absolute Gasteiger partial charge is 0.288 e. The van der Waals surface area contributed by atoms with Crippen LogP contribution in [-0.2, 0) is 0 Å². The molecular formula is C15H14OS4. The Hall–Kier alpha value is -0.750. The van der Waals surface area contributed by atoms with Crippen LogP contribution in [0.1, 0.15) is 19.5 Å². The third-order valence-corrected chi connectivity index (χ3v) is 7.30. The molecule has 0 aliphatic carbocycles. The molecule has 0 aromatic carbocycles. The van der Waals surface area contributed by atoms with Gasteiger partial charge in [0.15, 0.2) is 0 Å². The minimum atomic E-state index is 0.182. The van der Waals surface area contributed by atoms with Crippen molar-refractivity contribution in [3.8, 4) is 20.9 Å². The van der Waals surface area contributed by atoms with Crippen molar-refractivity contribution in [1.29, 1.82) is 0 Å². The number of aryl methyl sites for hydroxylation is 4. The van der Waals surface area contributed by atoms with Crippen LogP contribution in [0.4, 0.5) is 0 Å². The van der Waals surface area contributed by atoms with Gasteiger partial charge in [0.1, 0.15) is 0 Å². The molecule has 0 bridgehead atoms. The van der Waals surface area contributed by atoms with Crippen molar-refractivity contribution in [3.05, 3.63) is 40.5 Å². The zero-order valence-corrected chi connectivity index (χ0v) is 15.0. The Morgan fingerprint density at radius 2 is 1.10 bits per heavy atom. The Labute approximate surface area is 134 Å². The fourth-order valence-electron chi connectivity index (χ4n) is 2.35. The first-order chi connectivity index (χ1) is 9.45. The van der Waals surface area contributed by atoms with Crippen molar-refractivity contribution >= 4 is 45.3 Å². The van der Waals surface area contributed by atoms with E-state index in [4.69, 9.17) is 0 Å². The van der Waals surface area contributed by atoms with Gasteiger partial charge in [-0.1, -0.05) is 22.7 Å². The highest BCUT2D eigenvalue weighted by Gasteiger charge is 2.18. The van der Waals surface area contributed by atoms with E-state index in [1.165, 1.54) is 53.3 Å². The maximum Gasteiger partial charge on any atom is 0.288 e. The van der Waals surface area contributed by atoms with Crippen LogP contribution in [0.5, 0.6) is 0 Å². The molecule has 3 rings (SSSR count). The van der Waals surface area contributed by atoms with Gasteiger partial charge in [-0.2, -0.15) is 0 Å². The van der Waals surface area contributed by atoms with Crippen LogP contribution in [0.15, 0.2) is 16.9 Å². The molecule has 0 aliphatic heterocycles. The third kappa shape index (κ3) is 2.44. The second-order valence-corrected chi connectivity index (χ2v) is 9.91. The summed E-state index contributed by atoms with van der Waals surface area (Å²) in [6, 6.07) is 4.41. The zero-order valence-electron chi connectivity index (χ0n) is 11.7. The van der Waals surface area contributed by atoms with E-state index in [0.717, 1.165) is 9.75 Å². The normalized spacial score (nSPS) is 11.2. The lowest BCUT2D eigenvalue weighted by Crippen LogP contribution is -1.77. The van der Waals surface area contributed by atoms with Crippen molar-refractivity contribution in [2.45, 2.75) is 27.7 Å². The number of hydrogen-bond acceptors (Lipinski definition) is 5. The summed E-state index contributed by atoms with van der Waals surface area (Å²) >= 11 is 6.36. The summed E-state index contributed by atoms with van der Waals surface area (Å²) in [6.45, 7) is 8.51. The highest BCUT2D eigenvalue weighted by atomic mass is 32.2. The number of thiophene rings is 2. The third-order valence-electron chi connectivity index (χ3n) is 3.15. The van der Waals surface area contributed by atoms with E-state index in [1.807, 2.05) is 0 Å². The van der Waals surface area contributed by atoms with Gasteiger partial charge < -0.3 is 0 Å². The lowest BCUT2D eigenvalue weighted by molar-refractivity contribution is 1.59. The molecule has 0 fully saturated rings. The average Bonchev–Trinajstić information content (AvgIpc) is 2.97. The van der Waals surface area contributed by atoms with Crippen molar-refractivity contribution in [2.24, 2.45) is 0 Å². The molecule has 1 nitrogen and oxygen atoms in total. The molecular weight excluding hydrogens is 324 g/mol. The van der Waals surface area contributed by atoms with Gasteiger partial charge in [0.2, 0.25) is 0 Å². The maximum atomic E-state index is 11.9. The van der Waals surface area contributed by atoms with Gasteiger partial charge in [-0.3, -0.25) is 4.79 Å². The first kappa shape index (κ1) is 14.2. The molecule has 0 spiro atoms. The van der Waals surface area contributed by atoms with Crippen LogP contribution >= 0.6 is 45.3 Å². The Morgan fingerprint density at radius 3 is 1.40 bits per heavy atom. The van der Waals surface area contributed by atoms with E-state index < -0.39 is 0 Å². The highest BCUT2D eigenvalue weighted by molar-refractivity contribution is 7.32. The molecule has 3 heterocycles. The molecule has 3 aromatic heterocycles. The van der Waals surface area contributed by atoms with E-state index >= 15 is 0 Å². The summed E-state index contributed by atoms with van der Waals surface area (Å²) in [5.74, 6) is 0. The zero-order chi connectivity index (χ0) is 14.4. The molecule has 104 valence electrons. The number of hydrogen-bond donors (Lipinski definition) is 0. The van der Waals surface area contributed by atoms with Crippen molar-refractivity contribution in [2.75, 3.05) is 0 Å². The molecule has 0 saturated carbocycles. The van der Waals surface area contributed by atoms with Crippen LogP contribution in [0.25, 0.3) is 20.9 Å². The van der Waals surface area contributed by atoms with Crippen LogP contribution in [0, 0.1) is 27.7 Å². The van der Waals surface area contributed by atoms with Crippen molar-refractivity contribution in [3.63, 3.8) is 0 Å². The van der Waals surface area contributed by atoms with E-state index in [-0.39, 0.29) is 4.06 Å². The molecule has 0 atom stereocenters. The summed E-state index contributed by atoms with van der Waals surface area (Å²) in [5.41, 5.74) is 2.46. The summed E-state index contributed by atoms with van der Waals surface area (Å²) < 4.78 is 0.182. The van der Waals surface area contributed by atoms with E-state index in [9.17, 15) is 4.79 Å². The first-order valence-electron chi connectivity index (χ1n) is 6.24. The highest BCUT2D eigenvalue weighted by Crippen LogP contribution is 2.44. The van der Waals surface area contributed by atoms with Gasteiger partial charge in [-0.15, -0.1) is 22.7 Å². The molecule has 0 amide bonds. The Balaban J connectivity index is 2.26. The lowest BCUT2D eigenvalue weighted by atomic mass is 10.1. The lowest BCUT2D eigenvalue weighted by Gasteiger charge is -2.01. The molecule has 3 aromatic rings. The summed E-state index contributed by atoms with van der Waals surface area (Å²) in [6.07, 6.45) is 0. The summed E-state index contributed by atoms with van der Waals surface area (Å²) in [4.78, 5) is 19.4. The molecule has 0 aliphatic rings. The van der Waals surface area contributed by atoms with Gasteiger partial charge in [-0.25, -0.2) is 0 Å². The van der Waals surface area contributed by atoms with Crippen LogP contribution in [-0.4, -0.2) is 0 Å². The SMILES string of the molecule is Cc1cc(-c2sc(=O)sc2-c2cc(C)sc2C)c(C)s1. The minimum Gasteiger partial charge on any atom is -0.265 e. The fraction of sp³-hybridized carbons (Fsp3) is 0.267. The van der Waals surface area contributed by atoms with E-state index in [1.54, 1.807) is 22.7 Å². The first-order valence-corrected chi connectivity index (χ1v) is 9.51. The summed E-state index contributed by atoms with van der Waals surface area (Å²) in [7, 11) is 0. The predicted molar refractivity (Wildman–Crippen MR) is 94.0 cm³/mol.